The van der Waals surface area contributed by atoms with E-state index >= 15 is 0 Å². The Hall–Kier alpha value is -0.0800. The fourth-order valence-electron chi connectivity index (χ4n) is 3.07. The van der Waals surface area contributed by atoms with Crippen LogP contribution in [0.1, 0.15) is 67.2 Å². The first kappa shape index (κ1) is 19.9. The lowest BCUT2D eigenvalue weighted by Gasteiger charge is -2.23. The van der Waals surface area contributed by atoms with Crippen molar-refractivity contribution >= 4 is 0 Å². The molecule has 0 saturated heterocycles. The maximum atomic E-state index is 2.54. The number of hydrogen-bond acceptors (Lipinski definition) is 2. The second kappa shape index (κ2) is 12.6. The summed E-state index contributed by atoms with van der Waals surface area (Å²) in [5.41, 5.74) is 0. The van der Waals surface area contributed by atoms with E-state index in [9.17, 15) is 0 Å². The molecular weight excluding hydrogens is 244 g/mol. The molecule has 2 heteroatoms. The molecule has 0 rings (SSSR count). The van der Waals surface area contributed by atoms with Crippen molar-refractivity contribution in [1.29, 1.82) is 0 Å². The minimum absolute atomic E-state index is 0.874. The van der Waals surface area contributed by atoms with Gasteiger partial charge in [-0.2, -0.15) is 0 Å². The van der Waals surface area contributed by atoms with E-state index in [2.05, 4.69) is 51.3 Å². The summed E-state index contributed by atoms with van der Waals surface area (Å²) in [6, 6.07) is 0. The molecule has 0 aromatic heterocycles. The molecule has 2 unspecified atom stereocenters. The highest BCUT2D eigenvalue weighted by Crippen LogP contribution is 2.19. The molecule has 2 atom stereocenters. The van der Waals surface area contributed by atoms with Crippen molar-refractivity contribution in [2.24, 2.45) is 11.8 Å². The van der Waals surface area contributed by atoms with Crippen molar-refractivity contribution < 1.29 is 0 Å². The second-order valence-electron chi connectivity index (χ2n) is 6.43. The molecule has 0 bridgehead atoms. The Morgan fingerprint density at radius 2 is 1.10 bits per heavy atom. The van der Waals surface area contributed by atoms with Crippen LogP contribution in [0.3, 0.4) is 0 Å². The van der Waals surface area contributed by atoms with Crippen LogP contribution in [0.15, 0.2) is 0 Å². The molecule has 0 aliphatic carbocycles. The van der Waals surface area contributed by atoms with E-state index in [1.54, 1.807) is 0 Å². The molecule has 0 aliphatic rings. The van der Waals surface area contributed by atoms with Gasteiger partial charge in [0.15, 0.2) is 0 Å². The highest BCUT2D eigenvalue weighted by molar-refractivity contribution is 4.64. The van der Waals surface area contributed by atoms with Crippen LogP contribution in [-0.2, 0) is 0 Å². The zero-order valence-corrected chi connectivity index (χ0v) is 15.1. The van der Waals surface area contributed by atoms with Crippen LogP contribution in [0.25, 0.3) is 0 Å². The van der Waals surface area contributed by atoms with Gasteiger partial charge >= 0.3 is 0 Å². The summed E-state index contributed by atoms with van der Waals surface area (Å²) < 4.78 is 0. The van der Waals surface area contributed by atoms with Crippen LogP contribution in [0.5, 0.6) is 0 Å². The SMILES string of the molecule is CCN(CC)CCCC(C)CC(C)CCN(CC)CC. The number of hydrogen-bond donors (Lipinski definition) is 0. The van der Waals surface area contributed by atoms with Gasteiger partial charge in [0.2, 0.25) is 0 Å². The van der Waals surface area contributed by atoms with Crippen LogP contribution >= 0.6 is 0 Å². The van der Waals surface area contributed by atoms with Gasteiger partial charge in [-0.05, 0) is 76.8 Å². The lowest BCUT2D eigenvalue weighted by molar-refractivity contribution is 0.256. The summed E-state index contributed by atoms with van der Waals surface area (Å²) in [6.45, 7) is 21.3. The molecule has 0 saturated carbocycles. The molecule has 0 fully saturated rings. The molecule has 0 spiro atoms. The highest BCUT2D eigenvalue weighted by Gasteiger charge is 2.10. The van der Waals surface area contributed by atoms with Gasteiger partial charge in [-0.25, -0.2) is 0 Å². The average molecular weight is 285 g/mol. The Labute approximate surface area is 128 Å². The molecule has 20 heavy (non-hydrogen) atoms. The summed E-state index contributed by atoms with van der Waals surface area (Å²) in [4.78, 5) is 5.08. The molecule has 0 N–H and O–H groups in total. The summed E-state index contributed by atoms with van der Waals surface area (Å²) in [7, 11) is 0. The third-order valence-corrected chi connectivity index (χ3v) is 4.70. The number of nitrogens with zero attached hydrogens (tertiary/aromatic N) is 2. The smallest absolute Gasteiger partial charge is 0.00164 e. The molecule has 0 aliphatic heterocycles. The summed E-state index contributed by atoms with van der Waals surface area (Å²) in [5.74, 6) is 1.76. The van der Waals surface area contributed by atoms with Gasteiger partial charge in [0.05, 0.1) is 0 Å². The van der Waals surface area contributed by atoms with Gasteiger partial charge < -0.3 is 9.80 Å². The van der Waals surface area contributed by atoms with Crippen LogP contribution in [-0.4, -0.2) is 49.1 Å². The first-order valence-electron chi connectivity index (χ1n) is 9.01. The van der Waals surface area contributed by atoms with Crippen molar-refractivity contribution in [3.63, 3.8) is 0 Å². The lowest BCUT2D eigenvalue weighted by atomic mass is 9.91. The predicted octanol–water partition coefficient (Wildman–Crippen LogP) is 4.50. The van der Waals surface area contributed by atoms with Crippen molar-refractivity contribution in [2.75, 3.05) is 39.3 Å². The second-order valence-corrected chi connectivity index (χ2v) is 6.43. The van der Waals surface area contributed by atoms with Crippen LogP contribution < -0.4 is 0 Å². The Balaban J connectivity index is 3.71. The van der Waals surface area contributed by atoms with Gasteiger partial charge in [-0.1, -0.05) is 41.5 Å². The normalized spacial score (nSPS) is 15.0. The minimum atomic E-state index is 0.874. The molecule has 0 heterocycles. The maximum absolute atomic E-state index is 2.54. The number of rotatable bonds is 13. The summed E-state index contributed by atoms with van der Waals surface area (Å²) in [5, 5.41) is 0. The van der Waals surface area contributed by atoms with Gasteiger partial charge in [0.1, 0.15) is 0 Å². The van der Waals surface area contributed by atoms with Crippen LogP contribution in [0.4, 0.5) is 0 Å². The molecule has 0 amide bonds. The van der Waals surface area contributed by atoms with E-state index in [1.165, 1.54) is 65.0 Å². The van der Waals surface area contributed by atoms with Crippen molar-refractivity contribution in [3.8, 4) is 0 Å². The Morgan fingerprint density at radius 1 is 0.650 bits per heavy atom. The largest absolute Gasteiger partial charge is 0.304 e. The fraction of sp³-hybridized carbons (Fsp3) is 1.00. The molecular formula is C18H40N2. The third-order valence-electron chi connectivity index (χ3n) is 4.70. The Bertz CT molecular complexity index is 198. The molecule has 0 radical (unpaired) electrons. The monoisotopic (exact) mass is 284 g/mol. The van der Waals surface area contributed by atoms with Crippen LogP contribution in [0.2, 0.25) is 0 Å². The molecule has 122 valence electrons. The quantitative estimate of drug-likeness (QED) is 0.491. The van der Waals surface area contributed by atoms with Crippen LogP contribution in [0, 0.1) is 11.8 Å². The van der Waals surface area contributed by atoms with Gasteiger partial charge in [-0.15, -0.1) is 0 Å². The minimum Gasteiger partial charge on any atom is -0.304 e. The standard InChI is InChI=1S/C18H40N2/c1-7-19(8-2)14-11-12-17(5)16-18(6)13-15-20(9-3)10-4/h17-18H,7-16H2,1-6H3. The first-order valence-corrected chi connectivity index (χ1v) is 9.01. The van der Waals surface area contributed by atoms with Gasteiger partial charge in [0, 0.05) is 0 Å². The maximum Gasteiger partial charge on any atom is -0.00164 e. The lowest BCUT2D eigenvalue weighted by Crippen LogP contribution is -2.26. The Kier molecular flexibility index (Phi) is 12.6. The topological polar surface area (TPSA) is 6.48 Å². The third kappa shape index (κ3) is 9.77. The van der Waals surface area contributed by atoms with E-state index in [0.29, 0.717) is 0 Å². The van der Waals surface area contributed by atoms with E-state index < -0.39 is 0 Å². The van der Waals surface area contributed by atoms with E-state index in [-0.39, 0.29) is 0 Å². The predicted molar refractivity (Wildman–Crippen MR) is 92.4 cm³/mol. The average Bonchev–Trinajstić information content (AvgIpc) is 2.44. The molecule has 0 aromatic rings. The molecule has 2 nitrogen and oxygen atoms in total. The highest BCUT2D eigenvalue weighted by atomic mass is 15.1. The van der Waals surface area contributed by atoms with E-state index in [4.69, 9.17) is 0 Å². The zero-order chi connectivity index (χ0) is 15.4. The van der Waals surface area contributed by atoms with Crippen molar-refractivity contribution in [1.82, 2.24) is 9.80 Å². The Morgan fingerprint density at radius 3 is 1.60 bits per heavy atom. The van der Waals surface area contributed by atoms with Crippen molar-refractivity contribution in [3.05, 3.63) is 0 Å². The van der Waals surface area contributed by atoms with Gasteiger partial charge in [-0.3, -0.25) is 0 Å². The molecule has 0 aromatic carbocycles. The zero-order valence-electron chi connectivity index (χ0n) is 15.1. The van der Waals surface area contributed by atoms with Gasteiger partial charge in [0.25, 0.3) is 0 Å². The first-order chi connectivity index (χ1) is 9.57. The van der Waals surface area contributed by atoms with Crippen molar-refractivity contribution in [2.45, 2.75) is 67.2 Å². The van der Waals surface area contributed by atoms with E-state index in [1.807, 2.05) is 0 Å². The summed E-state index contributed by atoms with van der Waals surface area (Å²) >= 11 is 0. The van der Waals surface area contributed by atoms with E-state index in [0.717, 1.165) is 11.8 Å². The fourth-order valence-corrected chi connectivity index (χ4v) is 3.07. The summed E-state index contributed by atoms with van der Waals surface area (Å²) in [6.07, 6.45) is 5.53.